The first-order valence-corrected chi connectivity index (χ1v) is 6.08. The molecule has 0 saturated heterocycles. The van der Waals surface area contributed by atoms with Crippen molar-refractivity contribution in [3.05, 3.63) is 35.9 Å². The second kappa shape index (κ2) is 6.79. The van der Waals surface area contributed by atoms with Gasteiger partial charge in [0.25, 0.3) is 0 Å². The molecule has 1 aromatic rings. The summed E-state index contributed by atoms with van der Waals surface area (Å²) in [6, 6.07) is 9.59. The number of carbonyl (C=O) groups excluding carboxylic acids is 2. The van der Waals surface area contributed by atoms with Crippen molar-refractivity contribution in [1.82, 2.24) is 10.2 Å². The minimum absolute atomic E-state index is 0.334. The van der Waals surface area contributed by atoms with E-state index in [1.54, 1.807) is 7.05 Å². The van der Waals surface area contributed by atoms with E-state index in [-0.39, 0.29) is 0 Å². The highest BCUT2D eigenvalue weighted by Crippen LogP contribution is 2.02. The molecule has 0 aromatic heterocycles. The first-order valence-electron chi connectivity index (χ1n) is 6.08. The summed E-state index contributed by atoms with van der Waals surface area (Å²) in [7, 11) is 1.63. The van der Waals surface area contributed by atoms with E-state index in [1.165, 1.54) is 4.90 Å². The van der Waals surface area contributed by atoms with Crippen LogP contribution in [-0.2, 0) is 16.1 Å². The quantitative estimate of drug-likeness (QED) is 0.819. The van der Waals surface area contributed by atoms with E-state index in [0.717, 1.165) is 5.56 Å². The normalized spacial score (nSPS) is 10.2. The van der Waals surface area contributed by atoms with Crippen LogP contribution in [-0.4, -0.2) is 30.3 Å². The molecule has 0 heterocycles. The van der Waals surface area contributed by atoms with Crippen molar-refractivity contribution in [3.8, 4) is 0 Å². The second-order valence-corrected chi connectivity index (χ2v) is 4.75. The maximum absolute atomic E-state index is 11.8. The Kier molecular flexibility index (Phi) is 5.36. The first kappa shape index (κ1) is 14.2. The highest BCUT2D eigenvalue weighted by atomic mass is 16.2. The second-order valence-electron chi connectivity index (χ2n) is 4.75. The predicted molar refractivity (Wildman–Crippen MR) is 70.8 cm³/mol. The summed E-state index contributed by atoms with van der Waals surface area (Å²) < 4.78 is 0. The van der Waals surface area contributed by atoms with Gasteiger partial charge in [0.1, 0.15) is 0 Å². The zero-order valence-electron chi connectivity index (χ0n) is 11.1. The van der Waals surface area contributed by atoms with Crippen LogP contribution in [0.3, 0.4) is 0 Å². The van der Waals surface area contributed by atoms with E-state index in [4.69, 9.17) is 0 Å². The van der Waals surface area contributed by atoms with Crippen LogP contribution in [0.4, 0.5) is 0 Å². The monoisotopic (exact) mass is 248 g/mol. The van der Waals surface area contributed by atoms with Crippen LogP contribution < -0.4 is 5.32 Å². The highest BCUT2D eigenvalue weighted by molar-refractivity contribution is 6.34. The van der Waals surface area contributed by atoms with Gasteiger partial charge >= 0.3 is 11.8 Å². The van der Waals surface area contributed by atoms with Crippen LogP contribution in [0.25, 0.3) is 0 Å². The van der Waals surface area contributed by atoms with Crippen LogP contribution >= 0.6 is 0 Å². The molecule has 1 N–H and O–H groups in total. The van der Waals surface area contributed by atoms with Crippen LogP contribution in [0, 0.1) is 5.92 Å². The van der Waals surface area contributed by atoms with E-state index in [0.29, 0.717) is 19.0 Å². The summed E-state index contributed by atoms with van der Waals surface area (Å²) >= 11 is 0. The topological polar surface area (TPSA) is 49.4 Å². The van der Waals surface area contributed by atoms with Gasteiger partial charge in [-0.25, -0.2) is 0 Å². The van der Waals surface area contributed by atoms with Gasteiger partial charge in [0, 0.05) is 20.1 Å². The Bertz CT molecular complexity index is 402. The lowest BCUT2D eigenvalue weighted by Gasteiger charge is -2.17. The van der Waals surface area contributed by atoms with Gasteiger partial charge in [0.2, 0.25) is 0 Å². The van der Waals surface area contributed by atoms with Gasteiger partial charge in [-0.15, -0.1) is 0 Å². The zero-order chi connectivity index (χ0) is 13.5. The molecule has 1 rings (SSSR count). The molecular weight excluding hydrogens is 228 g/mol. The van der Waals surface area contributed by atoms with E-state index in [1.807, 2.05) is 44.2 Å². The number of nitrogens with zero attached hydrogens (tertiary/aromatic N) is 1. The third-order valence-electron chi connectivity index (χ3n) is 2.47. The highest BCUT2D eigenvalue weighted by Gasteiger charge is 2.18. The van der Waals surface area contributed by atoms with Gasteiger partial charge in [-0.1, -0.05) is 44.2 Å². The fourth-order valence-corrected chi connectivity index (χ4v) is 1.47. The number of nitrogens with one attached hydrogen (secondary N) is 1. The number of hydrogen-bond donors (Lipinski definition) is 1. The van der Waals surface area contributed by atoms with Crippen LogP contribution in [0.1, 0.15) is 19.4 Å². The van der Waals surface area contributed by atoms with Crippen molar-refractivity contribution in [1.29, 1.82) is 0 Å². The summed E-state index contributed by atoms with van der Waals surface area (Å²) in [6.45, 7) is 4.93. The molecular formula is C14H20N2O2. The molecule has 0 unspecified atom stereocenters. The summed E-state index contributed by atoms with van der Waals surface area (Å²) in [4.78, 5) is 24.8. The van der Waals surface area contributed by atoms with Gasteiger partial charge in [-0.3, -0.25) is 9.59 Å². The molecule has 0 atom stereocenters. The Balaban J connectivity index is 2.48. The van der Waals surface area contributed by atoms with Crippen molar-refractivity contribution >= 4 is 11.8 Å². The first-order chi connectivity index (χ1) is 8.50. The lowest BCUT2D eigenvalue weighted by Crippen LogP contribution is -2.41. The van der Waals surface area contributed by atoms with Gasteiger partial charge < -0.3 is 10.2 Å². The molecule has 0 aliphatic rings. The Labute approximate surface area is 108 Å². The standard InChI is InChI=1S/C14H20N2O2/c1-11(2)9-15-13(17)14(18)16(3)10-12-7-5-4-6-8-12/h4-8,11H,9-10H2,1-3H3,(H,15,17). The molecule has 18 heavy (non-hydrogen) atoms. The summed E-state index contributed by atoms with van der Waals surface area (Å²) in [6.07, 6.45) is 0. The SMILES string of the molecule is CC(C)CNC(=O)C(=O)N(C)Cc1ccccc1. The molecule has 4 nitrogen and oxygen atoms in total. The van der Waals surface area contributed by atoms with E-state index < -0.39 is 11.8 Å². The third kappa shape index (κ3) is 4.57. The summed E-state index contributed by atoms with van der Waals surface area (Å²) in [5.74, 6) is -0.706. The van der Waals surface area contributed by atoms with E-state index in [9.17, 15) is 9.59 Å². The Morgan fingerprint density at radius 1 is 1.22 bits per heavy atom. The van der Waals surface area contributed by atoms with Gasteiger partial charge in [0.15, 0.2) is 0 Å². The van der Waals surface area contributed by atoms with Gasteiger partial charge in [-0.2, -0.15) is 0 Å². The maximum atomic E-state index is 11.8. The Morgan fingerprint density at radius 3 is 2.39 bits per heavy atom. The smallest absolute Gasteiger partial charge is 0.311 e. The third-order valence-corrected chi connectivity index (χ3v) is 2.47. The fraction of sp³-hybridized carbons (Fsp3) is 0.429. The molecule has 98 valence electrons. The Hall–Kier alpha value is -1.84. The fourth-order valence-electron chi connectivity index (χ4n) is 1.47. The molecule has 0 spiro atoms. The lowest BCUT2D eigenvalue weighted by atomic mass is 10.2. The van der Waals surface area contributed by atoms with Crippen molar-refractivity contribution in [3.63, 3.8) is 0 Å². The number of hydrogen-bond acceptors (Lipinski definition) is 2. The molecule has 0 bridgehead atoms. The minimum atomic E-state index is -0.540. The summed E-state index contributed by atoms with van der Waals surface area (Å²) in [5, 5.41) is 2.62. The van der Waals surface area contributed by atoms with Gasteiger partial charge in [0.05, 0.1) is 0 Å². The number of rotatable bonds is 4. The molecule has 0 radical (unpaired) electrons. The Morgan fingerprint density at radius 2 is 1.83 bits per heavy atom. The molecule has 0 fully saturated rings. The average molecular weight is 248 g/mol. The summed E-state index contributed by atoms with van der Waals surface area (Å²) in [5.41, 5.74) is 1.00. The average Bonchev–Trinajstić information content (AvgIpc) is 2.36. The largest absolute Gasteiger partial charge is 0.348 e. The van der Waals surface area contributed by atoms with Crippen molar-refractivity contribution in [2.45, 2.75) is 20.4 Å². The molecule has 2 amide bonds. The predicted octanol–water partition coefficient (Wildman–Crippen LogP) is 1.42. The van der Waals surface area contributed by atoms with Crippen molar-refractivity contribution < 1.29 is 9.59 Å². The molecule has 4 heteroatoms. The van der Waals surface area contributed by atoms with E-state index in [2.05, 4.69) is 5.32 Å². The maximum Gasteiger partial charge on any atom is 0.311 e. The number of likely N-dealkylation sites (N-methyl/N-ethyl adjacent to an activating group) is 1. The van der Waals surface area contributed by atoms with Crippen molar-refractivity contribution in [2.75, 3.05) is 13.6 Å². The van der Waals surface area contributed by atoms with Crippen LogP contribution in [0.5, 0.6) is 0 Å². The van der Waals surface area contributed by atoms with Crippen molar-refractivity contribution in [2.24, 2.45) is 5.92 Å². The molecule has 0 aliphatic heterocycles. The molecule has 1 aromatic carbocycles. The number of amides is 2. The minimum Gasteiger partial charge on any atom is -0.348 e. The van der Waals surface area contributed by atoms with Gasteiger partial charge in [-0.05, 0) is 11.5 Å². The molecule has 0 aliphatic carbocycles. The number of benzene rings is 1. The van der Waals surface area contributed by atoms with E-state index >= 15 is 0 Å². The molecule has 0 saturated carbocycles. The zero-order valence-corrected chi connectivity index (χ0v) is 11.1. The van der Waals surface area contributed by atoms with Crippen LogP contribution in [0.15, 0.2) is 30.3 Å². The number of carbonyl (C=O) groups is 2. The lowest BCUT2D eigenvalue weighted by molar-refractivity contribution is -0.145. The van der Waals surface area contributed by atoms with Crippen LogP contribution in [0.2, 0.25) is 0 Å².